The molecule has 132 valence electrons. The number of amides is 2. The molecule has 0 heterocycles. The number of carbonyl (C=O) groups is 2. The monoisotopic (exact) mass is 340 g/mol. The maximum Gasteiger partial charge on any atom is 0.408 e. The lowest BCUT2D eigenvalue weighted by molar-refractivity contribution is -0.121. The van der Waals surface area contributed by atoms with Crippen LogP contribution in [-0.2, 0) is 16.1 Å². The van der Waals surface area contributed by atoms with E-state index in [0.29, 0.717) is 0 Å². The molecule has 0 radical (unpaired) electrons. The molecular weight excluding hydrogens is 316 g/mol. The minimum atomic E-state index is -0.659. The highest BCUT2D eigenvalue weighted by Crippen LogP contribution is 2.15. The van der Waals surface area contributed by atoms with Crippen molar-refractivity contribution in [3.63, 3.8) is 0 Å². The van der Waals surface area contributed by atoms with E-state index in [0.717, 1.165) is 11.3 Å². The molecule has 0 bridgehead atoms. The summed E-state index contributed by atoms with van der Waals surface area (Å²) < 4.78 is 5.22. The Labute approximate surface area is 148 Å². The molecule has 1 atom stereocenters. The molecule has 0 aliphatic carbocycles. The Morgan fingerprint density at radius 2 is 1.56 bits per heavy atom. The van der Waals surface area contributed by atoms with Crippen molar-refractivity contribution < 1.29 is 14.3 Å². The molecule has 0 fully saturated rings. The predicted molar refractivity (Wildman–Crippen MR) is 98.2 cm³/mol. The molecule has 25 heavy (non-hydrogen) atoms. The number of likely N-dealkylation sites (N-methyl/N-ethyl adjacent to an activating group) is 1. The van der Waals surface area contributed by atoms with E-state index in [-0.39, 0.29) is 18.4 Å². The Kier molecular flexibility index (Phi) is 6.57. The van der Waals surface area contributed by atoms with Crippen molar-refractivity contribution in [2.45, 2.75) is 26.5 Å². The maximum absolute atomic E-state index is 12.8. The molecule has 0 spiro atoms. The van der Waals surface area contributed by atoms with Crippen LogP contribution < -0.4 is 10.2 Å². The van der Waals surface area contributed by atoms with E-state index >= 15 is 0 Å². The predicted octanol–water partition coefficient (Wildman–Crippen LogP) is 3.60. The largest absolute Gasteiger partial charge is 0.445 e. The number of nitrogens with one attached hydrogen (secondary N) is 1. The van der Waals surface area contributed by atoms with Gasteiger partial charge in [-0.25, -0.2) is 4.79 Å². The first-order valence-electron chi connectivity index (χ1n) is 8.29. The fourth-order valence-corrected chi connectivity index (χ4v) is 2.39. The molecule has 0 aliphatic rings. The van der Waals surface area contributed by atoms with E-state index in [1.807, 2.05) is 74.5 Å². The van der Waals surface area contributed by atoms with E-state index in [1.54, 1.807) is 11.9 Å². The van der Waals surface area contributed by atoms with Gasteiger partial charge in [0.15, 0.2) is 0 Å². The second kappa shape index (κ2) is 8.87. The third-order valence-electron chi connectivity index (χ3n) is 3.89. The number of carbonyl (C=O) groups excluding carboxylic acids is 2. The van der Waals surface area contributed by atoms with E-state index < -0.39 is 12.1 Å². The average Bonchev–Trinajstić information content (AvgIpc) is 2.64. The number of rotatable bonds is 6. The Morgan fingerprint density at radius 3 is 2.12 bits per heavy atom. The zero-order valence-corrected chi connectivity index (χ0v) is 14.8. The lowest BCUT2D eigenvalue weighted by Crippen LogP contribution is -2.50. The highest BCUT2D eigenvalue weighted by atomic mass is 16.5. The zero-order valence-electron chi connectivity index (χ0n) is 14.8. The molecular formula is C20H24N2O3. The smallest absolute Gasteiger partial charge is 0.408 e. The number of nitrogens with zero attached hydrogens (tertiary/aromatic N) is 1. The zero-order chi connectivity index (χ0) is 18.2. The molecule has 0 saturated heterocycles. The van der Waals surface area contributed by atoms with Gasteiger partial charge in [0, 0.05) is 12.7 Å². The Morgan fingerprint density at radius 1 is 1.00 bits per heavy atom. The van der Waals surface area contributed by atoms with Crippen molar-refractivity contribution in [2.24, 2.45) is 5.92 Å². The van der Waals surface area contributed by atoms with Crippen LogP contribution in [0.3, 0.4) is 0 Å². The summed E-state index contributed by atoms with van der Waals surface area (Å²) in [5.41, 5.74) is 1.67. The van der Waals surface area contributed by atoms with Gasteiger partial charge in [-0.1, -0.05) is 62.4 Å². The summed E-state index contributed by atoms with van der Waals surface area (Å²) in [4.78, 5) is 26.4. The molecule has 2 rings (SSSR count). The summed E-state index contributed by atoms with van der Waals surface area (Å²) in [6.07, 6.45) is -0.600. The summed E-state index contributed by atoms with van der Waals surface area (Å²) in [6.45, 7) is 3.94. The third-order valence-corrected chi connectivity index (χ3v) is 3.89. The van der Waals surface area contributed by atoms with Crippen molar-refractivity contribution in [2.75, 3.05) is 11.9 Å². The first kappa shape index (κ1) is 18.5. The first-order valence-corrected chi connectivity index (χ1v) is 8.29. The normalized spacial score (nSPS) is 11.7. The van der Waals surface area contributed by atoms with E-state index in [1.165, 1.54) is 0 Å². The highest BCUT2D eigenvalue weighted by molar-refractivity contribution is 5.98. The molecule has 5 heteroatoms. The van der Waals surface area contributed by atoms with Crippen molar-refractivity contribution in [1.82, 2.24) is 5.32 Å². The molecule has 2 aromatic rings. The summed E-state index contributed by atoms with van der Waals surface area (Å²) >= 11 is 0. The number of anilines is 1. The van der Waals surface area contributed by atoms with Gasteiger partial charge in [0.25, 0.3) is 0 Å². The van der Waals surface area contributed by atoms with Crippen LogP contribution in [0.4, 0.5) is 10.5 Å². The number of hydrogen-bond donors (Lipinski definition) is 1. The molecule has 0 saturated carbocycles. The second-order valence-corrected chi connectivity index (χ2v) is 6.16. The molecule has 2 aromatic carbocycles. The van der Waals surface area contributed by atoms with E-state index in [9.17, 15) is 9.59 Å². The maximum atomic E-state index is 12.8. The van der Waals surface area contributed by atoms with E-state index in [2.05, 4.69) is 5.32 Å². The van der Waals surface area contributed by atoms with Gasteiger partial charge in [-0.3, -0.25) is 4.79 Å². The van der Waals surface area contributed by atoms with Crippen LogP contribution in [0.15, 0.2) is 60.7 Å². The Hall–Kier alpha value is -2.82. The van der Waals surface area contributed by atoms with Crippen molar-refractivity contribution in [1.29, 1.82) is 0 Å². The summed E-state index contributed by atoms with van der Waals surface area (Å²) in [5, 5.41) is 2.68. The average molecular weight is 340 g/mol. The van der Waals surface area contributed by atoms with Gasteiger partial charge in [0.05, 0.1) is 0 Å². The highest BCUT2D eigenvalue weighted by Gasteiger charge is 2.28. The van der Waals surface area contributed by atoms with Crippen LogP contribution in [0.25, 0.3) is 0 Å². The SMILES string of the molecule is CC(C)C(NC(=O)OCc1ccccc1)C(=O)N(C)c1ccccc1. The molecule has 2 amide bonds. The molecule has 0 aliphatic heterocycles. The van der Waals surface area contributed by atoms with Gasteiger partial charge in [-0.05, 0) is 23.6 Å². The fraction of sp³-hybridized carbons (Fsp3) is 0.300. The van der Waals surface area contributed by atoms with Gasteiger partial charge >= 0.3 is 6.09 Å². The van der Waals surface area contributed by atoms with Crippen LogP contribution in [0, 0.1) is 5.92 Å². The van der Waals surface area contributed by atoms with Gasteiger partial charge in [-0.2, -0.15) is 0 Å². The van der Waals surface area contributed by atoms with Gasteiger partial charge in [0.1, 0.15) is 12.6 Å². The lowest BCUT2D eigenvalue weighted by Gasteiger charge is -2.26. The quantitative estimate of drug-likeness (QED) is 0.874. The van der Waals surface area contributed by atoms with Gasteiger partial charge in [-0.15, -0.1) is 0 Å². The topological polar surface area (TPSA) is 58.6 Å². The van der Waals surface area contributed by atoms with Crippen LogP contribution in [0.2, 0.25) is 0 Å². The van der Waals surface area contributed by atoms with E-state index in [4.69, 9.17) is 4.74 Å². The van der Waals surface area contributed by atoms with Crippen LogP contribution in [-0.4, -0.2) is 25.1 Å². The summed E-state index contributed by atoms with van der Waals surface area (Å²) in [6, 6.07) is 18.1. The second-order valence-electron chi connectivity index (χ2n) is 6.16. The Balaban J connectivity index is 1.97. The Bertz CT molecular complexity index is 687. The lowest BCUT2D eigenvalue weighted by atomic mass is 10.0. The first-order chi connectivity index (χ1) is 12.0. The van der Waals surface area contributed by atoms with Crippen molar-refractivity contribution >= 4 is 17.7 Å². The van der Waals surface area contributed by atoms with Crippen LogP contribution in [0.5, 0.6) is 0 Å². The number of benzene rings is 2. The molecule has 0 aromatic heterocycles. The van der Waals surface area contributed by atoms with Gasteiger partial charge < -0.3 is 15.0 Å². The van der Waals surface area contributed by atoms with Crippen molar-refractivity contribution in [3.8, 4) is 0 Å². The number of para-hydroxylation sites is 1. The third kappa shape index (κ3) is 5.35. The summed E-state index contributed by atoms with van der Waals surface area (Å²) in [5.74, 6) is -0.249. The number of alkyl carbamates (subject to hydrolysis) is 1. The number of ether oxygens (including phenoxy) is 1. The minimum absolute atomic E-state index is 0.0667. The molecule has 5 nitrogen and oxygen atoms in total. The molecule has 1 unspecified atom stereocenters. The van der Waals surface area contributed by atoms with Crippen molar-refractivity contribution in [3.05, 3.63) is 66.2 Å². The summed E-state index contributed by atoms with van der Waals surface area (Å²) in [7, 11) is 1.70. The number of hydrogen-bond acceptors (Lipinski definition) is 3. The van der Waals surface area contributed by atoms with Gasteiger partial charge in [0.2, 0.25) is 5.91 Å². The minimum Gasteiger partial charge on any atom is -0.445 e. The standard InChI is InChI=1S/C20H24N2O3/c1-15(2)18(19(23)22(3)17-12-8-5-9-13-17)21-20(24)25-14-16-10-6-4-7-11-16/h4-13,15,18H,14H2,1-3H3,(H,21,24). The molecule has 1 N–H and O–H groups in total. The van der Waals surface area contributed by atoms with Crippen LogP contribution in [0.1, 0.15) is 19.4 Å². The van der Waals surface area contributed by atoms with Crippen LogP contribution >= 0.6 is 0 Å². The fourth-order valence-electron chi connectivity index (χ4n) is 2.39.